The fourth-order valence-corrected chi connectivity index (χ4v) is 0.665. The van der Waals surface area contributed by atoms with Gasteiger partial charge in [-0.3, -0.25) is 0 Å². The molecule has 0 saturated carbocycles. The molecule has 0 aliphatic rings. The van der Waals surface area contributed by atoms with Crippen molar-refractivity contribution in [3.63, 3.8) is 0 Å². The molecule has 0 saturated heterocycles. The van der Waals surface area contributed by atoms with Crippen LogP contribution in [-0.4, -0.2) is 0 Å². The summed E-state index contributed by atoms with van der Waals surface area (Å²) >= 11 is 0. The lowest BCUT2D eigenvalue weighted by atomic mass is 10.0. The van der Waals surface area contributed by atoms with Gasteiger partial charge < -0.3 is 0 Å². The number of rotatable bonds is 4. The summed E-state index contributed by atoms with van der Waals surface area (Å²) in [5, 5.41) is 0. The molecule has 0 aromatic rings. The summed E-state index contributed by atoms with van der Waals surface area (Å²) in [6.45, 7) is 10.5. The third kappa shape index (κ3) is 4.60. The summed E-state index contributed by atoms with van der Waals surface area (Å²) in [4.78, 5) is 0. The lowest BCUT2D eigenvalue weighted by molar-refractivity contribution is 0.598. The smallest absolute Gasteiger partial charge is 0.0322 e. The molecule has 1 atom stereocenters. The molecule has 0 heteroatoms. The van der Waals surface area contributed by atoms with Gasteiger partial charge in [-0.2, -0.15) is 0 Å². The van der Waals surface area contributed by atoms with Gasteiger partial charge in [0.1, 0.15) is 0 Å². The second kappa shape index (κ2) is 5.52. The highest BCUT2D eigenvalue weighted by molar-refractivity contribution is 4.97. The molecule has 0 N–H and O–H groups in total. The monoisotopic (exact) mass is 139 g/mol. The molecule has 0 spiro atoms. The number of hydrogen-bond acceptors (Lipinski definition) is 0. The minimum Gasteiger partial charge on any atom is -0.0854 e. The average Bonchev–Trinajstić information content (AvgIpc) is 1.99. The zero-order valence-corrected chi connectivity index (χ0v) is 7.48. The molecular formula is C10H19. The summed E-state index contributed by atoms with van der Waals surface area (Å²) in [6, 6.07) is 0. The highest BCUT2D eigenvalue weighted by atomic mass is 14.0. The fourth-order valence-electron chi connectivity index (χ4n) is 0.665. The first-order chi connectivity index (χ1) is 4.70. The van der Waals surface area contributed by atoms with E-state index in [1.165, 1.54) is 18.4 Å². The molecule has 0 aromatic carbocycles. The van der Waals surface area contributed by atoms with Crippen LogP contribution < -0.4 is 0 Å². The van der Waals surface area contributed by atoms with E-state index in [0.29, 0.717) is 0 Å². The maximum atomic E-state index is 3.86. The quantitative estimate of drug-likeness (QED) is 0.522. The van der Waals surface area contributed by atoms with Gasteiger partial charge in [-0.05, 0) is 25.7 Å². The van der Waals surface area contributed by atoms with Gasteiger partial charge in [0.25, 0.3) is 0 Å². The first-order valence-corrected chi connectivity index (χ1v) is 4.15. The Morgan fingerprint density at radius 2 is 2.20 bits per heavy atom. The minimum absolute atomic E-state index is 0.751. The van der Waals surface area contributed by atoms with Gasteiger partial charge in [0.05, 0.1) is 0 Å². The van der Waals surface area contributed by atoms with Gasteiger partial charge in [-0.1, -0.05) is 38.8 Å². The van der Waals surface area contributed by atoms with E-state index in [2.05, 4.69) is 33.8 Å². The predicted octanol–water partition coefficient (Wildman–Crippen LogP) is 3.59. The lowest BCUT2D eigenvalue weighted by Gasteiger charge is -2.03. The van der Waals surface area contributed by atoms with Crippen LogP contribution in [0.3, 0.4) is 0 Å². The molecule has 59 valence electrons. The van der Waals surface area contributed by atoms with E-state index in [1.807, 2.05) is 0 Å². The average molecular weight is 139 g/mol. The van der Waals surface area contributed by atoms with Crippen LogP contribution >= 0.6 is 0 Å². The molecule has 0 fully saturated rings. The molecular weight excluding hydrogens is 120 g/mol. The second-order valence-corrected chi connectivity index (χ2v) is 3.03. The van der Waals surface area contributed by atoms with Gasteiger partial charge in [0.2, 0.25) is 0 Å². The Morgan fingerprint density at radius 3 is 2.60 bits per heavy atom. The van der Waals surface area contributed by atoms with E-state index < -0.39 is 0 Å². The standard InChI is InChI=1S/C10H19/c1-5-9(3)7-8-10(4)6-2/h8-9H,1,5-7H2,2-4H3. The largest absolute Gasteiger partial charge is 0.0854 e. The van der Waals surface area contributed by atoms with Crippen molar-refractivity contribution in [1.29, 1.82) is 0 Å². The molecule has 0 aliphatic heterocycles. The highest BCUT2D eigenvalue weighted by Gasteiger charge is 1.94. The first-order valence-electron chi connectivity index (χ1n) is 4.15. The number of hydrogen-bond donors (Lipinski definition) is 0. The Bertz CT molecular complexity index is 101. The fraction of sp³-hybridized carbons (Fsp3) is 0.700. The van der Waals surface area contributed by atoms with Crippen molar-refractivity contribution >= 4 is 0 Å². The maximum absolute atomic E-state index is 3.86. The van der Waals surface area contributed by atoms with Crippen molar-refractivity contribution in [2.45, 2.75) is 40.0 Å². The molecule has 0 aliphatic carbocycles. The zero-order chi connectivity index (χ0) is 7.98. The summed E-state index contributed by atoms with van der Waals surface area (Å²) in [7, 11) is 0. The van der Waals surface area contributed by atoms with Gasteiger partial charge in [0, 0.05) is 0 Å². The van der Waals surface area contributed by atoms with Gasteiger partial charge in [0.15, 0.2) is 0 Å². The molecule has 0 amide bonds. The van der Waals surface area contributed by atoms with E-state index >= 15 is 0 Å². The molecule has 0 rings (SSSR count). The van der Waals surface area contributed by atoms with Crippen LogP contribution in [0.25, 0.3) is 0 Å². The second-order valence-electron chi connectivity index (χ2n) is 3.03. The van der Waals surface area contributed by atoms with Crippen molar-refractivity contribution in [2.24, 2.45) is 5.92 Å². The van der Waals surface area contributed by atoms with Crippen molar-refractivity contribution in [3.8, 4) is 0 Å². The summed E-state index contributed by atoms with van der Waals surface area (Å²) in [6.07, 6.45) is 5.76. The van der Waals surface area contributed by atoms with Crippen LogP contribution in [0.1, 0.15) is 40.0 Å². The van der Waals surface area contributed by atoms with E-state index in [9.17, 15) is 0 Å². The van der Waals surface area contributed by atoms with E-state index in [-0.39, 0.29) is 0 Å². The van der Waals surface area contributed by atoms with Crippen molar-refractivity contribution < 1.29 is 0 Å². The molecule has 1 radical (unpaired) electrons. The minimum atomic E-state index is 0.751. The van der Waals surface area contributed by atoms with Gasteiger partial charge in [-0.25, -0.2) is 0 Å². The topological polar surface area (TPSA) is 0 Å². The Hall–Kier alpha value is -0.260. The summed E-state index contributed by atoms with van der Waals surface area (Å²) in [5.41, 5.74) is 1.50. The third-order valence-corrected chi connectivity index (χ3v) is 1.92. The Morgan fingerprint density at radius 1 is 1.60 bits per heavy atom. The van der Waals surface area contributed by atoms with E-state index in [1.54, 1.807) is 0 Å². The molecule has 10 heavy (non-hydrogen) atoms. The van der Waals surface area contributed by atoms with Gasteiger partial charge >= 0.3 is 0 Å². The third-order valence-electron chi connectivity index (χ3n) is 1.92. The van der Waals surface area contributed by atoms with E-state index in [0.717, 1.165) is 12.3 Å². The zero-order valence-electron chi connectivity index (χ0n) is 7.48. The Labute approximate surface area is 65.3 Å². The summed E-state index contributed by atoms with van der Waals surface area (Å²) < 4.78 is 0. The number of allylic oxidation sites excluding steroid dienone is 2. The van der Waals surface area contributed by atoms with Crippen LogP contribution in [0.4, 0.5) is 0 Å². The molecule has 0 nitrogen and oxygen atoms in total. The molecule has 1 unspecified atom stereocenters. The summed E-state index contributed by atoms with van der Waals surface area (Å²) in [5.74, 6) is 0.751. The normalized spacial score (nSPS) is 15.4. The van der Waals surface area contributed by atoms with E-state index in [4.69, 9.17) is 0 Å². The van der Waals surface area contributed by atoms with Crippen molar-refractivity contribution in [3.05, 3.63) is 18.6 Å². The predicted molar refractivity (Wildman–Crippen MR) is 47.8 cm³/mol. The molecule has 0 bridgehead atoms. The van der Waals surface area contributed by atoms with Crippen LogP contribution in [-0.2, 0) is 0 Å². The van der Waals surface area contributed by atoms with Gasteiger partial charge in [-0.15, -0.1) is 0 Å². The van der Waals surface area contributed by atoms with Crippen LogP contribution in [0.5, 0.6) is 0 Å². The van der Waals surface area contributed by atoms with Crippen LogP contribution in [0.15, 0.2) is 11.6 Å². The Kier molecular flexibility index (Phi) is 5.38. The maximum Gasteiger partial charge on any atom is -0.0322 e. The first kappa shape index (κ1) is 9.74. The Balaban J connectivity index is 3.50. The van der Waals surface area contributed by atoms with Crippen LogP contribution in [0, 0.1) is 12.8 Å². The van der Waals surface area contributed by atoms with Crippen molar-refractivity contribution in [1.82, 2.24) is 0 Å². The molecule has 0 heterocycles. The lowest BCUT2D eigenvalue weighted by Crippen LogP contribution is -1.89. The highest BCUT2D eigenvalue weighted by Crippen LogP contribution is 2.09. The van der Waals surface area contributed by atoms with Crippen molar-refractivity contribution in [2.75, 3.05) is 0 Å². The van der Waals surface area contributed by atoms with Crippen LogP contribution in [0.2, 0.25) is 0 Å². The SMILES string of the molecule is [CH2]CC(C)CC=C(C)CC. The molecule has 0 aromatic heterocycles.